The Morgan fingerprint density at radius 2 is 1.25 bits per heavy atom. The van der Waals surface area contributed by atoms with E-state index in [2.05, 4.69) is 204 Å². The van der Waals surface area contributed by atoms with Gasteiger partial charge in [0.1, 0.15) is 0 Å². The molecule has 48 heavy (non-hydrogen) atoms. The van der Waals surface area contributed by atoms with E-state index in [-0.39, 0.29) is 6.04 Å². The van der Waals surface area contributed by atoms with Crippen LogP contribution in [0.1, 0.15) is 28.3 Å². The standard InChI is InChI=1S/C45H37N3/c1-33-16-14-15-29-47(37-21-10-5-11-22-37)43-31-44-41(30-40(33)43)39-23-12-13-24-42(39)48(44)38-27-25-36(26-28-38)45(35-19-8-4-9-20-35)46(2)32-34-17-6-3-7-18-34/h3-31,45H,1,32H2,2H3/b16-14-,29-15-. The van der Waals surface area contributed by atoms with Crippen molar-refractivity contribution in [1.29, 1.82) is 0 Å². The fourth-order valence-corrected chi connectivity index (χ4v) is 7.14. The molecule has 7 aromatic rings. The number of allylic oxidation sites excluding steroid dienone is 4. The predicted octanol–water partition coefficient (Wildman–Crippen LogP) is 11.2. The zero-order valence-corrected chi connectivity index (χ0v) is 27.1. The van der Waals surface area contributed by atoms with Gasteiger partial charge in [-0.2, -0.15) is 0 Å². The maximum atomic E-state index is 4.47. The number of hydrogen-bond acceptors (Lipinski definition) is 2. The molecule has 8 rings (SSSR count). The summed E-state index contributed by atoms with van der Waals surface area (Å²) in [4.78, 5) is 4.70. The Balaban J connectivity index is 1.27. The molecule has 0 radical (unpaired) electrons. The second kappa shape index (κ2) is 12.7. The summed E-state index contributed by atoms with van der Waals surface area (Å²) in [5, 5.41) is 2.44. The molecule has 1 aromatic heterocycles. The average Bonchev–Trinajstić information content (AvgIpc) is 3.45. The first-order valence-electron chi connectivity index (χ1n) is 16.5. The molecule has 6 aromatic carbocycles. The number of para-hydroxylation sites is 2. The molecule has 0 fully saturated rings. The van der Waals surface area contributed by atoms with Gasteiger partial charge in [0.15, 0.2) is 0 Å². The summed E-state index contributed by atoms with van der Waals surface area (Å²) in [6.07, 6.45) is 8.38. The molecule has 0 saturated carbocycles. The minimum Gasteiger partial charge on any atom is -0.316 e. The summed E-state index contributed by atoms with van der Waals surface area (Å²) in [6.45, 7) is 5.32. The predicted molar refractivity (Wildman–Crippen MR) is 203 cm³/mol. The number of fused-ring (bicyclic) bond motifs is 4. The summed E-state index contributed by atoms with van der Waals surface area (Å²) in [5.41, 5.74) is 11.6. The van der Waals surface area contributed by atoms with Gasteiger partial charge < -0.3 is 9.47 Å². The van der Waals surface area contributed by atoms with Gasteiger partial charge in [0, 0.05) is 40.5 Å². The molecule has 0 N–H and O–H groups in total. The van der Waals surface area contributed by atoms with Crippen molar-refractivity contribution in [3.63, 3.8) is 0 Å². The maximum absolute atomic E-state index is 4.47. The Labute approximate surface area is 282 Å². The average molecular weight is 620 g/mol. The Hall–Kier alpha value is -5.90. The number of rotatable bonds is 7. The minimum absolute atomic E-state index is 0.114. The highest BCUT2D eigenvalue weighted by Gasteiger charge is 2.22. The highest BCUT2D eigenvalue weighted by molar-refractivity contribution is 6.12. The molecule has 2 heterocycles. The molecule has 3 heteroatoms. The van der Waals surface area contributed by atoms with Gasteiger partial charge in [-0.1, -0.05) is 128 Å². The van der Waals surface area contributed by atoms with Gasteiger partial charge in [0.25, 0.3) is 0 Å². The molecule has 1 aliphatic heterocycles. The zero-order chi connectivity index (χ0) is 32.5. The second-order valence-corrected chi connectivity index (χ2v) is 12.5. The quantitative estimate of drug-likeness (QED) is 0.176. The summed E-state index contributed by atoms with van der Waals surface area (Å²) in [6, 6.07) is 54.7. The van der Waals surface area contributed by atoms with Crippen molar-refractivity contribution in [3.8, 4) is 5.69 Å². The third-order valence-corrected chi connectivity index (χ3v) is 9.37. The summed E-state index contributed by atoms with van der Waals surface area (Å²) in [7, 11) is 2.22. The molecule has 1 atom stereocenters. The number of anilines is 2. The van der Waals surface area contributed by atoms with Gasteiger partial charge in [0.05, 0.1) is 22.8 Å². The Morgan fingerprint density at radius 1 is 0.604 bits per heavy atom. The van der Waals surface area contributed by atoms with E-state index in [4.69, 9.17) is 0 Å². The van der Waals surface area contributed by atoms with Gasteiger partial charge in [-0.05, 0) is 77.9 Å². The monoisotopic (exact) mass is 619 g/mol. The van der Waals surface area contributed by atoms with Crippen molar-refractivity contribution in [2.45, 2.75) is 12.6 Å². The summed E-state index contributed by atoms with van der Waals surface area (Å²) in [5.74, 6) is 0. The lowest BCUT2D eigenvalue weighted by Crippen LogP contribution is -2.25. The van der Waals surface area contributed by atoms with Crippen LogP contribution in [0.15, 0.2) is 183 Å². The van der Waals surface area contributed by atoms with Crippen LogP contribution in [0.3, 0.4) is 0 Å². The lowest BCUT2D eigenvalue weighted by molar-refractivity contribution is 0.270. The lowest BCUT2D eigenvalue weighted by atomic mass is 9.96. The van der Waals surface area contributed by atoms with Crippen molar-refractivity contribution in [1.82, 2.24) is 9.47 Å². The van der Waals surface area contributed by atoms with Crippen molar-refractivity contribution in [2.75, 3.05) is 11.9 Å². The van der Waals surface area contributed by atoms with Crippen LogP contribution >= 0.6 is 0 Å². The van der Waals surface area contributed by atoms with E-state index in [1.54, 1.807) is 0 Å². The van der Waals surface area contributed by atoms with Crippen LogP contribution in [0.2, 0.25) is 0 Å². The lowest BCUT2D eigenvalue weighted by Gasteiger charge is -2.29. The Bertz CT molecular complexity index is 2280. The first kappa shape index (κ1) is 29.5. The van der Waals surface area contributed by atoms with E-state index < -0.39 is 0 Å². The van der Waals surface area contributed by atoms with Gasteiger partial charge in [0.2, 0.25) is 0 Å². The molecule has 1 aliphatic rings. The molecule has 232 valence electrons. The third kappa shape index (κ3) is 5.45. The fraction of sp³-hybridized carbons (Fsp3) is 0.0667. The van der Waals surface area contributed by atoms with E-state index >= 15 is 0 Å². The van der Waals surface area contributed by atoms with Crippen LogP contribution in [0, 0.1) is 0 Å². The second-order valence-electron chi connectivity index (χ2n) is 12.5. The van der Waals surface area contributed by atoms with Gasteiger partial charge >= 0.3 is 0 Å². The van der Waals surface area contributed by atoms with Crippen LogP contribution < -0.4 is 4.90 Å². The van der Waals surface area contributed by atoms with Gasteiger partial charge in [-0.3, -0.25) is 4.90 Å². The van der Waals surface area contributed by atoms with Crippen molar-refractivity contribution < 1.29 is 0 Å². The highest BCUT2D eigenvalue weighted by atomic mass is 15.1. The van der Waals surface area contributed by atoms with E-state index in [0.29, 0.717) is 0 Å². The van der Waals surface area contributed by atoms with E-state index in [0.717, 1.165) is 40.3 Å². The van der Waals surface area contributed by atoms with E-state index in [9.17, 15) is 0 Å². The molecular formula is C45H37N3. The first-order chi connectivity index (χ1) is 23.7. The Kier molecular flexibility index (Phi) is 7.81. The number of aromatic nitrogens is 1. The molecular weight excluding hydrogens is 583 g/mol. The number of nitrogens with zero attached hydrogens (tertiary/aromatic N) is 3. The van der Waals surface area contributed by atoms with Crippen LogP contribution in [0.5, 0.6) is 0 Å². The zero-order valence-electron chi connectivity index (χ0n) is 27.1. The molecule has 0 amide bonds. The summed E-state index contributed by atoms with van der Waals surface area (Å²) >= 11 is 0. The van der Waals surface area contributed by atoms with E-state index in [1.807, 2.05) is 0 Å². The SMILES string of the molecule is C=C1/C=C\C=C/N(c2ccccc2)c2cc3c(cc21)c1ccccc1n3-c1ccc(C(c2ccccc2)N(C)Cc2ccccc2)cc1. The van der Waals surface area contributed by atoms with Crippen LogP contribution in [-0.2, 0) is 6.54 Å². The molecule has 0 bridgehead atoms. The maximum Gasteiger partial charge on any atom is 0.0602 e. The van der Waals surface area contributed by atoms with Crippen molar-refractivity contribution in [2.24, 2.45) is 0 Å². The van der Waals surface area contributed by atoms with Gasteiger partial charge in [-0.25, -0.2) is 0 Å². The molecule has 1 unspecified atom stereocenters. The normalized spacial score (nSPS) is 14.9. The third-order valence-electron chi connectivity index (χ3n) is 9.37. The largest absolute Gasteiger partial charge is 0.316 e. The van der Waals surface area contributed by atoms with Crippen LogP contribution in [-0.4, -0.2) is 16.5 Å². The Morgan fingerprint density at radius 3 is 2.00 bits per heavy atom. The van der Waals surface area contributed by atoms with E-state index in [1.165, 1.54) is 33.0 Å². The number of hydrogen-bond donors (Lipinski definition) is 0. The molecule has 0 aliphatic carbocycles. The van der Waals surface area contributed by atoms with Crippen LogP contribution in [0.25, 0.3) is 33.1 Å². The summed E-state index contributed by atoms with van der Waals surface area (Å²) < 4.78 is 2.41. The molecule has 0 saturated heterocycles. The topological polar surface area (TPSA) is 11.4 Å². The van der Waals surface area contributed by atoms with Gasteiger partial charge in [-0.15, -0.1) is 0 Å². The first-order valence-corrected chi connectivity index (χ1v) is 16.5. The van der Waals surface area contributed by atoms with Crippen molar-refractivity contribution >= 4 is 38.8 Å². The molecule has 0 spiro atoms. The number of benzene rings is 6. The highest BCUT2D eigenvalue weighted by Crippen LogP contribution is 2.42. The fourth-order valence-electron chi connectivity index (χ4n) is 7.14. The smallest absolute Gasteiger partial charge is 0.0602 e. The molecule has 3 nitrogen and oxygen atoms in total. The van der Waals surface area contributed by atoms with Crippen LogP contribution in [0.4, 0.5) is 11.4 Å². The van der Waals surface area contributed by atoms with Crippen molar-refractivity contribution in [3.05, 3.63) is 205 Å². The minimum atomic E-state index is 0.114.